The van der Waals surface area contributed by atoms with Crippen LogP contribution in [0.4, 0.5) is 0 Å². The smallest absolute Gasteiger partial charge is 0.223 e. The third kappa shape index (κ3) is 3.97. The molecule has 1 N–H and O–H groups in total. The lowest BCUT2D eigenvalue weighted by Gasteiger charge is -2.06. The second kappa shape index (κ2) is 7.29. The van der Waals surface area contributed by atoms with Crippen LogP contribution in [0.3, 0.4) is 0 Å². The first-order valence-electron chi connectivity index (χ1n) is 7.25. The molecule has 1 aliphatic rings. The summed E-state index contributed by atoms with van der Waals surface area (Å²) in [7, 11) is 1.60. The summed E-state index contributed by atoms with van der Waals surface area (Å²) in [6.07, 6.45) is 3.11. The minimum atomic E-state index is 0.151. The highest BCUT2D eigenvalue weighted by Gasteiger charge is 2.43. The number of amides is 1. The Morgan fingerprint density at radius 1 is 1.35 bits per heavy atom. The average Bonchev–Trinajstić information content (AvgIpc) is 3.26. The lowest BCUT2D eigenvalue weighted by molar-refractivity contribution is -0.122. The van der Waals surface area contributed by atoms with E-state index >= 15 is 0 Å². The molecule has 0 aliphatic heterocycles. The quantitative estimate of drug-likeness (QED) is 0.587. The molecule has 4 nitrogen and oxygen atoms in total. The van der Waals surface area contributed by atoms with Gasteiger partial charge in [-0.1, -0.05) is 25.5 Å². The van der Waals surface area contributed by atoms with Crippen molar-refractivity contribution in [3.05, 3.63) is 29.8 Å². The molecule has 0 saturated heterocycles. The number of unbranched alkanes of at least 4 members (excludes halogenated alkanes) is 1. The van der Waals surface area contributed by atoms with E-state index in [-0.39, 0.29) is 18.6 Å². The van der Waals surface area contributed by atoms with Gasteiger partial charge in [-0.05, 0) is 36.5 Å². The molecule has 0 radical (unpaired) electrons. The molecule has 1 aliphatic carbocycles. The van der Waals surface area contributed by atoms with Crippen molar-refractivity contribution in [1.82, 2.24) is 5.32 Å². The van der Waals surface area contributed by atoms with Crippen LogP contribution in [-0.4, -0.2) is 26.4 Å². The molecule has 1 aromatic carbocycles. The molecule has 20 heavy (non-hydrogen) atoms. The van der Waals surface area contributed by atoms with Gasteiger partial charge in [0.2, 0.25) is 5.91 Å². The lowest BCUT2D eigenvalue weighted by Crippen LogP contribution is -2.26. The van der Waals surface area contributed by atoms with E-state index in [9.17, 15) is 4.79 Å². The fourth-order valence-corrected chi connectivity index (χ4v) is 2.31. The first kappa shape index (κ1) is 14.9. The van der Waals surface area contributed by atoms with E-state index in [1.807, 2.05) is 24.3 Å². The number of methoxy groups -OCH3 is 1. The van der Waals surface area contributed by atoms with E-state index in [1.165, 1.54) is 5.56 Å². The van der Waals surface area contributed by atoms with Crippen molar-refractivity contribution < 1.29 is 14.3 Å². The van der Waals surface area contributed by atoms with Gasteiger partial charge in [-0.3, -0.25) is 4.79 Å². The molecular weight excluding hydrogens is 254 g/mol. The standard InChI is InChI=1S/C16H23NO3/c1-3-4-9-17-16(18)15-10-14(15)12-5-7-13(8-6-12)20-11-19-2/h5-8,14-15H,3-4,9-11H2,1-2H3,(H,17,18). The van der Waals surface area contributed by atoms with Crippen molar-refractivity contribution in [2.24, 2.45) is 5.92 Å². The van der Waals surface area contributed by atoms with E-state index in [0.717, 1.165) is 31.6 Å². The van der Waals surface area contributed by atoms with Crippen LogP contribution >= 0.6 is 0 Å². The molecule has 110 valence electrons. The Bertz CT molecular complexity index is 430. The van der Waals surface area contributed by atoms with Gasteiger partial charge in [-0.25, -0.2) is 0 Å². The van der Waals surface area contributed by atoms with Gasteiger partial charge in [-0.15, -0.1) is 0 Å². The Hall–Kier alpha value is -1.55. The highest BCUT2D eigenvalue weighted by Crippen LogP contribution is 2.47. The van der Waals surface area contributed by atoms with Gasteiger partial charge in [0.05, 0.1) is 0 Å². The first-order chi connectivity index (χ1) is 9.76. The molecule has 1 fully saturated rings. The van der Waals surface area contributed by atoms with Gasteiger partial charge in [0.25, 0.3) is 0 Å². The zero-order valence-electron chi connectivity index (χ0n) is 12.2. The zero-order valence-corrected chi connectivity index (χ0v) is 12.2. The van der Waals surface area contributed by atoms with Gasteiger partial charge in [0.15, 0.2) is 6.79 Å². The van der Waals surface area contributed by atoms with Gasteiger partial charge in [-0.2, -0.15) is 0 Å². The van der Waals surface area contributed by atoms with Crippen LogP contribution in [-0.2, 0) is 9.53 Å². The van der Waals surface area contributed by atoms with Crippen LogP contribution in [0.5, 0.6) is 5.75 Å². The second-order valence-electron chi connectivity index (χ2n) is 5.21. The molecule has 0 spiro atoms. The van der Waals surface area contributed by atoms with Gasteiger partial charge in [0, 0.05) is 19.6 Å². The molecule has 2 atom stereocenters. The Morgan fingerprint density at radius 2 is 2.10 bits per heavy atom. The van der Waals surface area contributed by atoms with Crippen LogP contribution < -0.4 is 10.1 Å². The number of hydrogen-bond acceptors (Lipinski definition) is 3. The van der Waals surface area contributed by atoms with E-state index in [1.54, 1.807) is 7.11 Å². The number of hydrogen-bond donors (Lipinski definition) is 1. The maximum absolute atomic E-state index is 11.9. The summed E-state index contributed by atoms with van der Waals surface area (Å²) in [6, 6.07) is 7.93. The molecule has 1 aromatic rings. The number of benzene rings is 1. The Labute approximate surface area is 120 Å². The van der Waals surface area contributed by atoms with Crippen LogP contribution in [0.1, 0.15) is 37.7 Å². The monoisotopic (exact) mass is 277 g/mol. The van der Waals surface area contributed by atoms with Crippen molar-refractivity contribution in [3.63, 3.8) is 0 Å². The summed E-state index contributed by atoms with van der Waals surface area (Å²) in [5.74, 6) is 1.51. The molecule has 0 heterocycles. The first-order valence-corrected chi connectivity index (χ1v) is 7.25. The summed E-state index contributed by atoms with van der Waals surface area (Å²) < 4.78 is 10.2. The summed E-state index contributed by atoms with van der Waals surface area (Å²) >= 11 is 0. The number of carbonyl (C=O) groups is 1. The lowest BCUT2D eigenvalue weighted by atomic mass is 10.1. The Balaban J connectivity index is 1.80. The predicted octanol–water partition coefficient (Wildman–Crippen LogP) is 2.69. The minimum Gasteiger partial charge on any atom is -0.468 e. The maximum Gasteiger partial charge on any atom is 0.223 e. The minimum absolute atomic E-state index is 0.151. The molecular formula is C16H23NO3. The van der Waals surface area contributed by atoms with E-state index in [2.05, 4.69) is 12.2 Å². The third-order valence-electron chi connectivity index (χ3n) is 3.61. The number of rotatable bonds is 8. The van der Waals surface area contributed by atoms with Gasteiger partial charge >= 0.3 is 0 Å². The fraction of sp³-hybridized carbons (Fsp3) is 0.562. The van der Waals surface area contributed by atoms with Gasteiger partial charge in [0.1, 0.15) is 5.75 Å². The highest BCUT2D eigenvalue weighted by molar-refractivity contribution is 5.82. The predicted molar refractivity (Wildman–Crippen MR) is 77.7 cm³/mol. The molecule has 1 saturated carbocycles. The Kier molecular flexibility index (Phi) is 5.41. The number of carbonyl (C=O) groups excluding carboxylic acids is 1. The normalized spacial score (nSPS) is 20.5. The highest BCUT2D eigenvalue weighted by atomic mass is 16.7. The second-order valence-corrected chi connectivity index (χ2v) is 5.21. The van der Waals surface area contributed by atoms with Gasteiger partial charge < -0.3 is 14.8 Å². The van der Waals surface area contributed by atoms with Crippen LogP contribution in [0, 0.1) is 5.92 Å². The fourth-order valence-electron chi connectivity index (χ4n) is 2.31. The largest absolute Gasteiger partial charge is 0.468 e. The van der Waals surface area contributed by atoms with E-state index < -0.39 is 0 Å². The SMILES string of the molecule is CCCCNC(=O)C1CC1c1ccc(OCOC)cc1. The van der Waals surface area contributed by atoms with Crippen molar-refractivity contribution in [2.75, 3.05) is 20.4 Å². The summed E-state index contributed by atoms with van der Waals surface area (Å²) in [6.45, 7) is 3.17. The van der Waals surface area contributed by atoms with Crippen molar-refractivity contribution in [3.8, 4) is 5.75 Å². The molecule has 4 heteroatoms. The molecule has 0 bridgehead atoms. The van der Waals surface area contributed by atoms with Crippen molar-refractivity contribution in [1.29, 1.82) is 0 Å². The van der Waals surface area contributed by atoms with Crippen LogP contribution in [0.2, 0.25) is 0 Å². The topological polar surface area (TPSA) is 47.6 Å². The molecule has 1 amide bonds. The van der Waals surface area contributed by atoms with E-state index in [0.29, 0.717) is 5.92 Å². The third-order valence-corrected chi connectivity index (χ3v) is 3.61. The molecule has 2 rings (SSSR count). The van der Waals surface area contributed by atoms with Crippen molar-refractivity contribution in [2.45, 2.75) is 32.1 Å². The Morgan fingerprint density at radius 3 is 2.75 bits per heavy atom. The van der Waals surface area contributed by atoms with Crippen LogP contribution in [0.25, 0.3) is 0 Å². The van der Waals surface area contributed by atoms with Crippen molar-refractivity contribution >= 4 is 5.91 Å². The number of ether oxygens (including phenoxy) is 2. The summed E-state index contributed by atoms with van der Waals surface area (Å²) in [4.78, 5) is 11.9. The average molecular weight is 277 g/mol. The maximum atomic E-state index is 11.9. The molecule has 0 aromatic heterocycles. The zero-order chi connectivity index (χ0) is 14.4. The molecule has 2 unspecified atom stereocenters. The van der Waals surface area contributed by atoms with Crippen LogP contribution in [0.15, 0.2) is 24.3 Å². The number of nitrogens with one attached hydrogen (secondary N) is 1. The van der Waals surface area contributed by atoms with E-state index in [4.69, 9.17) is 9.47 Å². The summed E-state index contributed by atoms with van der Waals surface area (Å²) in [5.41, 5.74) is 1.21. The summed E-state index contributed by atoms with van der Waals surface area (Å²) in [5, 5.41) is 3.00.